The molecule has 0 bridgehead atoms. The molecule has 4 fully saturated rings. The van der Waals surface area contributed by atoms with Crippen LogP contribution in [0.2, 0.25) is 0 Å². The maximum atomic E-state index is 11.7. The van der Waals surface area contributed by atoms with E-state index in [4.69, 9.17) is 4.18 Å². The maximum absolute atomic E-state index is 11.7. The molecule has 9 nitrogen and oxygen atoms in total. The van der Waals surface area contributed by atoms with E-state index in [1.165, 1.54) is 0 Å². The van der Waals surface area contributed by atoms with Gasteiger partial charge in [-0.15, -0.1) is 0 Å². The van der Waals surface area contributed by atoms with Crippen LogP contribution in [0.25, 0.3) is 0 Å². The first-order valence-electron chi connectivity index (χ1n) is 12.6. The first-order valence-corrected chi connectivity index (χ1v) is 15.2. The van der Waals surface area contributed by atoms with E-state index in [1.807, 2.05) is 0 Å². The van der Waals surface area contributed by atoms with Crippen LogP contribution in [0.5, 0.6) is 0 Å². The van der Waals surface area contributed by atoms with E-state index in [1.54, 1.807) is 0 Å². The Morgan fingerprint density at radius 3 is 2.14 bits per heavy atom. The number of aliphatic hydroxyl groups is 1. The summed E-state index contributed by atoms with van der Waals surface area (Å²) in [6.07, 6.45) is 5.79. The number of rotatable bonds is 7. The molecule has 0 aromatic heterocycles. The molecule has 36 heavy (non-hydrogen) atoms. The van der Waals surface area contributed by atoms with E-state index >= 15 is 0 Å². The number of aliphatic hydroxyl groups excluding tert-OH is 1. The van der Waals surface area contributed by atoms with E-state index in [9.17, 15) is 31.0 Å². The van der Waals surface area contributed by atoms with Gasteiger partial charge in [-0.05, 0) is 104 Å². The third kappa shape index (κ3) is 6.94. The Morgan fingerprint density at radius 2 is 1.53 bits per heavy atom. The first kappa shape index (κ1) is 33.9. The molecular formula is C23H38Na2O9S2. The van der Waals surface area contributed by atoms with Crippen molar-refractivity contribution in [3.63, 3.8) is 0 Å². The fourth-order valence-corrected chi connectivity index (χ4v) is 9.75. The summed E-state index contributed by atoms with van der Waals surface area (Å²) in [5, 5.41) is 10.3. The molecule has 4 saturated carbocycles. The summed E-state index contributed by atoms with van der Waals surface area (Å²) in [5.41, 5.74) is -0.111. The Hall–Kier alpha value is 1.70. The minimum Gasteiger partial charge on any atom is -0.726 e. The molecule has 0 spiro atoms. The van der Waals surface area contributed by atoms with Crippen molar-refractivity contribution >= 4 is 20.8 Å². The second-order valence-electron chi connectivity index (χ2n) is 11.9. The zero-order valence-electron chi connectivity index (χ0n) is 22.2. The Kier molecular flexibility index (Phi) is 11.6. The summed E-state index contributed by atoms with van der Waals surface area (Å²) < 4.78 is 77.3. The molecule has 4 rings (SSSR count). The zero-order valence-corrected chi connectivity index (χ0v) is 27.9. The van der Waals surface area contributed by atoms with Crippen molar-refractivity contribution in [1.82, 2.24) is 0 Å². The van der Waals surface area contributed by atoms with Crippen LogP contribution in [0.15, 0.2) is 0 Å². The van der Waals surface area contributed by atoms with Crippen LogP contribution < -0.4 is 59.1 Å². The molecule has 13 heteroatoms. The molecule has 4 aliphatic rings. The van der Waals surface area contributed by atoms with Gasteiger partial charge in [0.15, 0.2) is 0 Å². The Labute approximate surface area is 260 Å². The van der Waals surface area contributed by atoms with Gasteiger partial charge in [0.05, 0.1) is 18.8 Å². The smallest absolute Gasteiger partial charge is 0.726 e. The van der Waals surface area contributed by atoms with Crippen molar-refractivity contribution < 1.29 is 98.5 Å². The number of hydrogen-bond donors (Lipinski definition) is 1. The van der Waals surface area contributed by atoms with Gasteiger partial charge < -0.3 is 14.2 Å². The largest absolute Gasteiger partial charge is 1.00 e. The predicted octanol–water partition coefficient (Wildman–Crippen LogP) is -3.03. The van der Waals surface area contributed by atoms with Gasteiger partial charge in [-0.25, -0.2) is 16.8 Å². The Bertz CT molecular complexity index is 978. The SMILES string of the molecule is C[C@H](CCOS(=O)(=O)[O-])[C@H]1CC[C@H]2[C@@H]3[C@@H](OS(=O)(=O)[O-])C[C@@H]4C[C@H](O)CC[C@]4(C)[C@H]3CC[C@]12C.[Na+].[Na+]. The van der Waals surface area contributed by atoms with Crippen molar-refractivity contribution in [2.24, 2.45) is 46.3 Å². The van der Waals surface area contributed by atoms with Crippen LogP contribution in [-0.2, 0) is 29.2 Å². The molecule has 0 aromatic rings. The molecule has 1 N–H and O–H groups in total. The predicted molar refractivity (Wildman–Crippen MR) is 121 cm³/mol. The molecule has 0 amide bonds. The van der Waals surface area contributed by atoms with Crippen molar-refractivity contribution in [2.75, 3.05) is 6.61 Å². The summed E-state index contributed by atoms with van der Waals surface area (Å²) in [6, 6.07) is 0. The molecular weight excluding hydrogens is 530 g/mol. The van der Waals surface area contributed by atoms with Gasteiger partial charge in [-0.2, -0.15) is 0 Å². The van der Waals surface area contributed by atoms with Crippen LogP contribution in [0.3, 0.4) is 0 Å². The quantitative estimate of drug-likeness (QED) is 0.192. The molecule has 0 aromatic carbocycles. The third-order valence-electron chi connectivity index (χ3n) is 10.4. The van der Waals surface area contributed by atoms with Gasteiger partial charge in [-0.3, -0.25) is 8.37 Å². The minimum absolute atomic E-state index is 0. The summed E-state index contributed by atoms with van der Waals surface area (Å²) in [5.74, 6) is 0.906. The summed E-state index contributed by atoms with van der Waals surface area (Å²) in [4.78, 5) is 0. The van der Waals surface area contributed by atoms with Crippen molar-refractivity contribution in [2.45, 2.75) is 90.8 Å². The summed E-state index contributed by atoms with van der Waals surface area (Å²) in [6.45, 7) is 6.44. The van der Waals surface area contributed by atoms with Crippen LogP contribution in [-0.4, -0.2) is 49.9 Å². The van der Waals surface area contributed by atoms with Crippen molar-refractivity contribution in [3.8, 4) is 0 Å². The standard InChI is InChI=1S/C23H40O9S2.2Na/c1-14(8-11-31-33(25,26)27)17-4-5-18-21-19(7-10-23(17,18)3)22(2)9-6-16(24)12-15(22)13-20(21)32-34(28,29)30;;/h14-21,24H,4-13H2,1-3H3,(H,25,26,27)(H,28,29,30);;/q;2*+1/p-2/t14-,15+,16-,17-,18+,19+,20+,21+,22+,23-;;/m1../s1. The fourth-order valence-electron chi connectivity index (χ4n) is 8.94. The average Bonchev–Trinajstić information content (AvgIpc) is 3.04. The topological polar surface area (TPSA) is 153 Å². The first-order chi connectivity index (χ1) is 15.6. The van der Waals surface area contributed by atoms with E-state index in [0.717, 1.165) is 38.5 Å². The van der Waals surface area contributed by atoms with Gasteiger partial charge in [0, 0.05) is 0 Å². The Balaban J connectivity index is 0.00000228. The Morgan fingerprint density at radius 1 is 0.917 bits per heavy atom. The van der Waals surface area contributed by atoms with E-state index < -0.39 is 33.0 Å². The van der Waals surface area contributed by atoms with Gasteiger partial charge in [0.25, 0.3) is 0 Å². The average molecular weight is 569 g/mol. The molecule has 0 saturated heterocycles. The third-order valence-corrected chi connectivity index (χ3v) is 11.4. The van der Waals surface area contributed by atoms with Crippen molar-refractivity contribution in [1.29, 1.82) is 0 Å². The van der Waals surface area contributed by atoms with Gasteiger partial charge in [-0.1, -0.05) is 20.8 Å². The van der Waals surface area contributed by atoms with E-state index in [-0.39, 0.29) is 112 Å². The summed E-state index contributed by atoms with van der Waals surface area (Å²) >= 11 is 0. The van der Waals surface area contributed by atoms with E-state index in [2.05, 4.69) is 25.0 Å². The monoisotopic (exact) mass is 568 g/mol. The maximum Gasteiger partial charge on any atom is 1.00 e. The number of fused-ring (bicyclic) bond motifs is 5. The van der Waals surface area contributed by atoms with Gasteiger partial charge in [0.1, 0.15) is 0 Å². The fraction of sp³-hybridized carbons (Fsp3) is 1.00. The normalized spacial score (nSPS) is 43.2. The molecule has 0 aliphatic heterocycles. The molecule has 198 valence electrons. The van der Waals surface area contributed by atoms with Crippen LogP contribution >= 0.6 is 0 Å². The number of hydrogen-bond acceptors (Lipinski definition) is 9. The molecule has 10 atom stereocenters. The van der Waals surface area contributed by atoms with Gasteiger partial charge in [0.2, 0.25) is 20.8 Å². The van der Waals surface area contributed by atoms with Crippen LogP contribution in [0.1, 0.15) is 78.6 Å². The second-order valence-corrected chi connectivity index (χ2v) is 14.0. The zero-order chi connectivity index (χ0) is 25.1. The van der Waals surface area contributed by atoms with Gasteiger partial charge >= 0.3 is 59.1 Å². The van der Waals surface area contributed by atoms with Crippen LogP contribution in [0, 0.1) is 46.3 Å². The molecule has 4 aliphatic carbocycles. The molecule has 0 radical (unpaired) electrons. The molecule has 0 heterocycles. The van der Waals surface area contributed by atoms with Crippen LogP contribution in [0.4, 0.5) is 0 Å². The van der Waals surface area contributed by atoms with E-state index in [0.29, 0.717) is 19.3 Å². The molecule has 0 unspecified atom stereocenters. The second kappa shape index (κ2) is 12.3. The van der Waals surface area contributed by atoms with Crippen molar-refractivity contribution in [3.05, 3.63) is 0 Å². The minimum atomic E-state index is -4.87. The summed E-state index contributed by atoms with van der Waals surface area (Å²) in [7, 11) is -9.58.